The second-order valence-electron chi connectivity index (χ2n) is 6.92. The molecule has 3 aliphatic rings. The third-order valence-electron chi connectivity index (χ3n) is 5.38. The van der Waals surface area contributed by atoms with Crippen molar-refractivity contribution in [3.8, 4) is 11.5 Å². The third-order valence-corrected chi connectivity index (χ3v) is 5.38. The number of nitrogens with one attached hydrogen (secondary N) is 2. The Balaban J connectivity index is 1.59. The Morgan fingerprint density at radius 1 is 1.23 bits per heavy atom. The molecule has 26 heavy (non-hydrogen) atoms. The number of methoxy groups -OCH3 is 2. The molecule has 0 saturated carbocycles. The van der Waals surface area contributed by atoms with E-state index in [-0.39, 0.29) is 6.04 Å². The Bertz CT molecular complexity index is 628. The summed E-state index contributed by atoms with van der Waals surface area (Å²) in [6, 6.07) is 6.44. The highest BCUT2D eigenvalue weighted by Gasteiger charge is 2.31. The molecule has 0 radical (unpaired) electrons. The number of hydrogen-bond acceptors (Lipinski definition) is 5. The zero-order valence-electron chi connectivity index (χ0n) is 16.3. The van der Waals surface area contributed by atoms with Crippen molar-refractivity contribution in [3.05, 3.63) is 23.8 Å². The molecule has 7 heteroatoms. The van der Waals surface area contributed by atoms with Gasteiger partial charge in [-0.25, -0.2) is 0 Å². The largest absolute Gasteiger partial charge is 0.497 e. The lowest BCUT2D eigenvalue weighted by molar-refractivity contribution is 0.0154. The summed E-state index contributed by atoms with van der Waals surface area (Å²) >= 11 is 0. The Labute approximate surface area is 156 Å². The summed E-state index contributed by atoms with van der Waals surface area (Å²) in [6.07, 6.45) is 0. The molecule has 0 aromatic heterocycles. The minimum atomic E-state index is 0.0399. The molecule has 3 aliphatic heterocycles. The Kier molecular flexibility index (Phi) is 6.21. The summed E-state index contributed by atoms with van der Waals surface area (Å²) in [5.74, 6) is 2.46. The number of rotatable bonds is 6. The molecule has 144 valence electrons. The smallest absolute Gasteiger partial charge is 0.191 e. The number of fused-ring (bicyclic) bond motifs is 3. The van der Waals surface area contributed by atoms with E-state index in [1.165, 1.54) is 26.2 Å². The summed E-state index contributed by atoms with van der Waals surface area (Å²) in [5, 5.41) is 6.95. The van der Waals surface area contributed by atoms with E-state index in [9.17, 15) is 0 Å². The van der Waals surface area contributed by atoms with Crippen molar-refractivity contribution in [2.75, 3.05) is 60.5 Å². The highest BCUT2D eigenvalue weighted by atomic mass is 16.5. The van der Waals surface area contributed by atoms with Crippen molar-refractivity contribution in [2.45, 2.75) is 19.0 Å². The lowest BCUT2D eigenvalue weighted by atomic mass is 10.1. The van der Waals surface area contributed by atoms with Gasteiger partial charge in [0, 0.05) is 57.9 Å². The molecule has 2 atom stereocenters. The van der Waals surface area contributed by atoms with Gasteiger partial charge >= 0.3 is 0 Å². The van der Waals surface area contributed by atoms with Crippen LogP contribution in [-0.4, -0.2) is 82.3 Å². The van der Waals surface area contributed by atoms with Crippen LogP contribution in [0.2, 0.25) is 0 Å². The lowest BCUT2D eigenvalue weighted by Crippen LogP contribution is -2.63. The molecule has 0 aliphatic carbocycles. The number of ether oxygens (including phenoxy) is 2. The number of benzene rings is 1. The van der Waals surface area contributed by atoms with Gasteiger partial charge in [0.1, 0.15) is 11.5 Å². The predicted molar refractivity (Wildman–Crippen MR) is 104 cm³/mol. The molecule has 3 fully saturated rings. The monoisotopic (exact) mass is 361 g/mol. The average molecular weight is 361 g/mol. The van der Waals surface area contributed by atoms with E-state index in [0.717, 1.165) is 36.1 Å². The molecule has 2 N–H and O–H groups in total. The maximum atomic E-state index is 5.50. The predicted octanol–water partition coefficient (Wildman–Crippen LogP) is 0.930. The first kappa shape index (κ1) is 18.8. The van der Waals surface area contributed by atoms with Crippen LogP contribution in [0.25, 0.3) is 0 Å². The maximum Gasteiger partial charge on any atom is 0.191 e. The Morgan fingerprint density at radius 3 is 2.58 bits per heavy atom. The van der Waals surface area contributed by atoms with Gasteiger partial charge < -0.3 is 20.1 Å². The van der Waals surface area contributed by atoms with Gasteiger partial charge in [0.25, 0.3) is 0 Å². The van der Waals surface area contributed by atoms with Crippen molar-refractivity contribution >= 4 is 5.96 Å². The average Bonchev–Trinajstić information content (AvgIpc) is 2.71. The van der Waals surface area contributed by atoms with Crippen LogP contribution in [0.3, 0.4) is 0 Å². The van der Waals surface area contributed by atoms with Gasteiger partial charge in [-0.1, -0.05) is 0 Å². The van der Waals surface area contributed by atoms with Gasteiger partial charge in [-0.05, 0) is 25.1 Å². The van der Waals surface area contributed by atoms with Crippen molar-refractivity contribution in [1.82, 2.24) is 20.4 Å². The van der Waals surface area contributed by atoms with Crippen LogP contribution in [0.5, 0.6) is 11.5 Å². The van der Waals surface area contributed by atoms with E-state index in [1.54, 1.807) is 14.2 Å². The standard InChI is InChI=1S/C19H31N5O2/c1-14(17-11-16(25-3)5-6-18(17)26-4)22-19(20-2)21-12-15-13-23-7-9-24(15)10-8-23/h5-6,11,14-15H,7-10,12-13H2,1-4H3,(H2,20,21,22). The quantitative estimate of drug-likeness (QED) is 0.581. The summed E-state index contributed by atoms with van der Waals surface area (Å²) < 4.78 is 10.9. The van der Waals surface area contributed by atoms with Gasteiger partial charge in [0.15, 0.2) is 5.96 Å². The van der Waals surface area contributed by atoms with Crippen LogP contribution in [0.4, 0.5) is 0 Å². The molecule has 0 spiro atoms. The SMILES string of the molecule is CN=C(NCC1CN2CCN1CC2)NC(C)c1cc(OC)ccc1OC. The third kappa shape index (κ3) is 4.22. The van der Waals surface area contributed by atoms with E-state index in [2.05, 4.69) is 32.3 Å². The Hall–Kier alpha value is -1.99. The fourth-order valence-corrected chi connectivity index (χ4v) is 3.79. The summed E-state index contributed by atoms with van der Waals surface area (Å²) in [4.78, 5) is 9.51. The minimum Gasteiger partial charge on any atom is -0.497 e. The number of nitrogens with zero attached hydrogens (tertiary/aromatic N) is 3. The molecule has 7 nitrogen and oxygen atoms in total. The second kappa shape index (κ2) is 8.60. The molecule has 2 unspecified atom stereocenters. The number of hydrogen-bond donors (Lipinski definition) is 2. The molecule has 3 heterocycles. The molecule has 2 bridgehead atoms. The van der Waals surface area contributed by atoms with Crippen molar-refractivity contribution in [1.29, 1.82) is 0 Å². The first-order chi connectivity index (χ1) is 12.6. The molecule has 4 rings (SSSR count). The van der Waals surface area contributed by atoms with Gasteiger partial charge in [0.2, 0.25) is 0 Å². The van der Waals surface area contributed by atoms with Crippen LogP contribution >= 0.6 is 0 Å². The van der Waals surface area contributed by atoms with Crippen molar-refractivity contribution in [2.24, 2.45) is 4.99 Å². The number of aliphatic imine (C=N–C) groups is 1. The molecule has 1 aromatic rings. The fourth-order valence-electron chi connectivity index (χ4n) is 3.79. The lowest BCUT2D eigenvalue weighted by Gasteiger charge is -2.47. The number of guanidine groups is 1. The highest BCUT2D eigenvalue weighted by Crippen LogP contribution is 2.29. The molecule has 0 amide bonds. The molecular formula is C19H31N5O2. The van der Waals surface area contributed by atoms with E-state index < -0.39 is 0 Å². The van der Waals surface area contributed by atoms with Gasteiger partial charge in [-0.15, -0.1) is 0 Å². The van der Waals surface area contributed by atoms with E-state index in [4.69, 9.17) is 9.47 Å². The van der Waals surface area contributed by atoms with Crippen LogP contribution in [-0.2, 0) is 0 Å². The summed E-state index contributed by atoms with van der Waals surface area (Å²) in [5.41, 5.74) is 1.04. The van der Waals surface area contributed by atoms with Gasteiger partial charge in [-0.3, -0.25) is 14.8 Å². The van der Waals surface area contributed by atoms with Gasteiger partial charge in [-0.2, -0.15) is 0 Å². The fraction of sp³-hybridized carbons (Fsp3) is 0.632. The van der Waals surface area contributed by atoms with E-state index in [1.807, 2.05) is 25.2 Å². The summed E-state index contributed by atoms with van der Waals surface area (Å²) in [6.45, 7) is 8.90. The second-order valence-corrected chi connectivity index (χ2v) is 6.92. The molecular weight excluding hydrogens is 330 g/mol. The normalized spacial score (nSPS) is 26.3. The zero-order chi connectivity index (χ0) is 18.5. The first-order valence-corrected chi connectivity index (χ1v) is 9.30. The van der Waals surface area contributed by atoms with Crippen LogP contribution in [0.1, 0.15) is 18.5 Å². The first-order valence-electron chi connectivity index (χ1n) is 9.30. The maximum absolute atomic E-state index is 5.50. The topological polar surface area (TPSA) is 61.4 Å². The minimum absolute atomic E-state index is 0.0399. The summed E-state index contributed by atoms with van der Waals surface area (Å²) in [7, 11) is 5.17. The Morgan fingerprint density at radius 2 is 2.00 bits per heavy atom. The van der Waals surface area contributed by atoms with Crippen LogP contribution < -0.4 is 20.1 Å². The van der Waals surface area contributed by atoms with Crippen LogP contribution in [0.15, 0.2) is 23.2 Å². The van der Waals surface area contributed by atoms with Gasteiger partial charge in [0.05, 0.1) is 20.3 Å². The van der Waals surface area contributed by atoms with E-state index in [0.29, 0.717) is 6.04 Å². The number of piperazine rings is 3. The van der Waals surface area contributed by atoms with E-state index >= 15 is 0 Å². The molecule has 1 aromatic carbocycles. The van der Waals surface area contributed by atoms with Crippen molar-refractivity contribution in [3.63, 3.8) is 0 Å². The van der Waals surface area contributed by atoms with Crippen molar-refractivity contribution < 1.29 is 9.47 Å². The highest BCUT2D eigenvalue weighted by molar-refractivity contribution is 5.80. The van der Waals surface area contributed by atoms with Crippen LogP contribution in [0, 0.1) is 0 Å². The molecule has 3 saturated heterocycles. The zero-order valence-corrected chi connectivity index (χ0v) is 16.3.